The third-order valence-electron chi connectivity index (χ3n) is 5.26. The Morgan fingerprint density at radius 2 is 1.84 bits per heavy atom. The normalized spacial score (nSPS) is 15.3. The first kappa shape index (κ1) is 19.5. The highest BCUT2D eigenvalue weighted by Crippen LogP contribution is 2.34. The van der Waals surface area contributed by atoms with Crippen LogP contribution in [0.15, 0.2) is 64.1 Å². The number of hydrogen-bond acceptors (Lipinski definition) is 6. The number of carbonyl (C=O) groups is 1. The molecule has 0 bridgehead atoms. The summed E-state index contributed by atoms with van der Waals surface area (Å²) in [5, 5.41) is 0. The van der Waals surface area contributed by atoms with Gasteiger partial charge in [0.05, 0.1) is 16.8 Å². The number of ether oxygens (including phenoxy) is 2. The second-order valence-corrected chi connectivity index (χ2v) is 8.97. The molecule has 0 fully saturated rings. The van der Waals surface area contributed by atoms with Gasteiger partial charge in [-0.05, 0) is 54.8 Å². The summed E-state index contributed by atoms with van der Waals surface area (Å²) in [4.78, 5) is 14.5. The maximum atomic E-state index is 13.0. The number of nitrogens with zero attached hydrogens (tertiary/aromatic N) is 1. The summed E-state index contributed by atoms with van der Waals surface area (Å²) in [7, 11) is -3.86. The van der Waals surface area contributed by atoms with Gasteiger partial charge in [-0.3, -0.25) is 9.52 Å². The van der Waals surface area contributed by atoms with E-state index >= 15 is 0 Å². The SMILES string of the molecule is O=C(c1ccco1)N1CCCc2ccc(NS(=O)(=O)c3ccc4c(c3)OCCO4)cc21. The molecule has 3 aromatic rings. The highest BCUT2D eigenvalue weighted by atomic mass is 32.2. The van der Waals surface area contributed by atoms with E-state index in [1.54, 1.807) is 35.2 Å². The lowest BCUT2D eigenvalue weighted by Crippen LogP contribution is -2.35. The molecule has 2 aliphatic rings. The van der Waals surface area contributed by atoms with E-state index in [1.165, 1.54) is 18.4 Å². The van der Waals surface area contributed by atoms with Crippen LogP contribution in [0.25, 0.3) is 0 Å². The Hall–Kier alpha value is -3.46. The van der Waals surface area contributed by atoms with Crippen molar-refractivity contribution >= 4 is 27.3 Å². The summed E-state index contributed by atoms with van der Waals surface area (Å²) < 4.78 is 44.7. The van der Waals surface area contributed by atoms with Crippen molar-refractivity contribution in [2.45, 2.75) is 17.7 Å². The molecule has 8 nitrogen and oxygen atoms in total. The number of hydrogen-bond donors (Lipinski definition) is 1. The summed E-state index contributed by atoms with van der Waals surface area (Å²) in [6.45, 7) is 1.33. The van der Waals surface area contributed by atoms with Gasteiger partial charge >= 0.3 is 0 Å². The van der Waals surface area contributed by atoms with E-state index in [1.807, 2.05) is 6.07 Å². The van der Waals surface area contributed by atoms with Gasteiger partial charge in [-0.2, -0.15) is 0 Å². The zero-order chi connectivity index (χ0) is 21.4. The second kappa shape index (κ2) is 7.66. The Balaban J connectivity index is 1.44. The lowest BCUT2D eigenvalue weighted by Gasteiger charge is -2.29. The topological polar surface area (TPSA) is 98.1 Å². The summed E-state index contributed by atoms with van der Waals surface area (Å²) in [5.41, 5.74) is 2.02. The van der Waals surface area contributed by atoms with Crippen LogP contribution in [0.1, 0.15) is 22.5 Å². The minimum Gasteiger partial charge on any atom is -0.486 e. The molecule has 1 amide bonds. The van der Waals surface area contributed by atoms with E-state index in [4.69, 9.17) is 13.9 Å². The number of fused-ring (bicyclic) bond motifs is 2. The number of rotatable bonds is 4. The fourth-order valence-corrected chi connectivity index (χ4v) is 4.85. The van der Waals surface area contributed by atoms with Crippen LogP contribution >= 0.6 is 0 Å². The number of amides is 1. The van der Waals surface area contributed by atoms with Crippen LogP contribution in [-0.4, -0.2) is 34.1 Å². The van der Waals surface area contributed by atoms with Crippen molar-refractivity contribution in [3.8, 4) is 11.5 Å². The van der Waals surface area contributed by atoms with Crippen LogP contribution < -0.4 is 19.1 Å². The largest absolute Gasteiger partial charge is 0.486 e. The van der Waals surface area contributed by atoms with Crippen molar-refractivity contribution in [2.75, 3.05) is 29.4 Å². The van der Waals surface area contributed by atoms with Crippen LogP contribution in [0.3, 0.4) is 0 Å². The number of furan rings is 1. The Kier molecular flexibility index (Phi) is 4.82. The van der Waals surface area contributed by atoms with Crippen LogP contribution in [0.4, 0.5) is 11.4 Å². The fraction of sp³-hybridized carbons (Fsp3) is 0.227. The van der Waals surface area contributed by atoms with E-state index < -0.39 is 10.0 Å². The minimum atomic E-state index is -3.86. The predicted octanol–water partition coefficient (Wildman–Crippen LogP) is 3.44. The number of sulfonamides is 1. The first-order valence-corrected chi connectivity index (χ1v) is 11.4. The quantitative estimate of drug-likeness (QED) is 0.667. The number of anilines is 2. The Morgan fingerprint density at radius 1 is 1.00 bits per heavy atom. The van der Waals surface area contributed by atoms with E-state index in [0.29, 0.717) is 42.6 Å². The molecular formula is C22H20N2O6S. The van der Waals surface area contributed by atoms with Crippen LogP contribution in [0.2, 0.25) is 0 Å². The Morgan fingerprint density at radius 3 is 2.65 bits per heavy atom. The van der Waals surface area contributed by atoms with Crippen LogP contribution in [0, 0.1) is 0 Å². The summed E-state index contributed by atoms with van der Waals surface area (Å²) in [6.07, 6.45) is 3.09. The van der Waals surface area contributed by atoms with Crippen molar-refractivity contribution < 1.29 is 27.1 Å². The zero-order valence-electron chi connectivity index (χ0n) is 16.5. The Bertz CT molecular complexity index is 1240. The maximum absolute atomic E-state index is 13.0. The van der Waals surface area contributed by atoms with E-state index in [0.717, 1.165) is 18.4 Å². The molecule has 3 heterocycles. The summed E-state index contributed by atoms with van der Waals surface area (Å²) in [6, 6.07) is 13.0. The first-order valence-electron chi connectivity index (χ1n) is 9.92. The molecule has 0 spiro atoms. The summed E-state index contributed by atoms with van der Waals surface area (Å²) in [5.74, 6) is 0.911. The third kappa shape index (κ3) is 3.72. The van der Waals surface area contributed by atoms with Gasteiger partial charge in [0.25, 0.3) is 15.9 Å². The molecule has 0 unspecified atom stereocenters. The van der Waals surface area contributed by atoms with Gasteiger partial charge in [-0.25, -0.2) is 8.42 Å². The van der Waals surface area contributed by atoms with Gasteiger partial charge in [-0.1, -0.05) is 6.07 Å². The second-order valence-electron chi connectivity index (χ2n) is 7.29. The number of aryl methyl sites for hydroxylation is 1. The predicted molar refractivity (Wildman–Crippen MR) is 113 cm³/mol. The van der Waals surface area contributed by atoms with Gasteiger partial charge in [0.2, 0.25) is 0 Å². The molecule has 9 heteroatoms. The third-order valence-corrected chi connectivity index (χ3v) is 6.64. The van der Waals surface area contributed by atoms with Gasteiger partial charge in [-0.15, -0.1) is 0 Å². The number of benzene rings is 2. The van der Waals surface area contributed by atoms with Gasteiger partial charge in [0.15, 0.2) is 17.3 Å². The summed E-state index contributed by atoms with van der Waals surface area (Å²) >= 11 is 0. The monoisotopic (exact) mass is 440 g/mol. The molecule has 0 atom stereocenters. The van der Waals surface area contributed by atoms with E-state index in [9.17, 15) is 13.2 Å². The van der Waals surface area contributed by atoms with E-state index in [-0.39, 0.29) is 16.6 Å². The molecule has 160 valence electrons. The van der Waals surface area contributed by atoms with Gasteiger partial charge < -0.3 is 18.8 Å². The molecule has 0 radical (unpaired) electrons. The van der Waals surface area contributed by atoms with Crippen molar-refractivity contribution in [1.29, 1.82) is 0 Å². The molecule has 0 aliphatic carbocycles. The molecular weight excluding hydrogens is 420 g/mol. The molecule has 2 aliphatic heterocycles. The van der Waals surface area contributed by atoms with Gasteiger partial charge in [0.1, 0.15) is 13.2 Å². The molecule has 0 saturated carbocycles. The molecule has 5 rings (SSSR count). The maximum Gasteiger partial charge on any atom is 0.293 e. The molecule has 1 N–H and O–H groups in total. The van der Waals surface area contributed by atoms with Crippen molar-refractivity contribution in [3.63, 3.8) is 0 Å². The van der Waals surface area contributed by atoms with Crippen LogP contribution in [0.5, 0.6) is 11.5 Å². The minimum absolute atomic E-state index is 0.0676. The molecule has 1 aromatic heterocycles. The van der Waals surface area contributed by atoms with Crippen molar-refractivity contribution in [3.05, 3.63) is 66.1 Å². The fourth-order valence-electron chi connectivity index (χ4n) is 3.79. The molecule has 31 heavy (non-hydrogen) atoms. The van der Waals surface area contributed by atoms with Gasteiger partial charge in [0, 0.05) is 18.3 Å². The van der Waals surface area contributed by atoms with Crippen LogP contribution in [-0.2, 0) is 16.4 Å². The molecule has 2 aromatic carbocycles. The highest BCUT2D eigenvalue weighted by Gasteiger charge is 2.26. The number of nitrogens with one attached hydrogen (secondary N) is 1. The average molecular weight is 440 g/mol. The number of carbonyl (C=O) groups excluding carboxylic acids is 1. The Labute approximate surface area is 179 Å². The standard InChI is InChI=1S/C22H20N2O6S/c25-22(20-4-2-10-28-20)24-9-1-3-15-5-6-16(13-18(15)24)23-31(26,27)17-7-8-19-21(14-17)30-12-11-29-19/h2,4-8,10,13-14,23H,1,3,9,11-12H2. The smallest absolute Gasteiger partial charge is 0.293 e. The van der Waals surface area contributed by atoms with E-state index in [2.05, 4.69) is 4.72 Å². The lowest BCUT2D eigenvalue weighted by molar-refractivity contribution is 0.0958. The highest BCUT2D eigenvalue weighted by molar-refractivity contribution is 7.92. The average Bonchev–Trinajstić information content (AvgIpc) is 3.32. The van der Waals surface area contributed by atoms with Crippen molar-refractivity contribution in [1.82, 2.24) is 0 Å². The first-order chi connectivity index (χ1) is 15.0. The lowest BCUT2D eigenvalue weighted by atomic mass is 10.0. The molecule has 0 saturated heterocycles. The zero-order valence-corrected chi connectivity index (χ0v) is 17.4. The van der Waals surface area contributed by atoms with Crippen molar-refractivity contribution in [2.24, 2.45) is 0 Å².